The van der Waals surface area contributed by atoms with Gasteiger partial charge in [-0.05, 0) is 20.8 Å². The highest BCUT2D eigenvalue weighted by Gasteiger charge is 2.37. The number of carbonyl (C=O) groups excluding carboxylic acids is 1. The topological polar surface area (TPSA) is 54.0 Å². The van der Waals surface area contributed by atoms with E-state index < -0.39 is 12.1 Å². The van der Waals surface area contributed by atoms with Gasteiger partial charge in [0.25, 0.3) is 0 Å². The van der Waals surface area contributed by atoms with Crippen molar-refractivity contribution in [3.8, 4) is 0 Å². The van der Waals surface area contributed by atoms with Crippen molar-refractivity contribution in [2.24, 2.45) is 0 Å². The molecule has 0 saturated carbocycles. The zero-order valence-electron chi connectivity index (χ0n) is 9.87. The molecular formula is C10H20O5. The normalized spacial score (nSPS) is 11.5. The summed E-state index contributed by atoms with van der Waals surface area (Å²) in [5.41, 5.74) is 0. The van der Waals surface area contributed by atoms with E-state index in [2.05, 4.69) is 0 Å². The van der Waals surface area contributed by atoms with E-state index >= 15 is 0 Å². The maximum absolute atomic E-state index is 11.2. The zero-order valence-corrected chi connectivity index (χ0v) is 9.87. The molecule has 0 fully saturated rings. The van der Waals surface area contributed by atoms with E-state index in [0.717, 1.165) is 0 Å². The molecule has 15 heavy (non-hydrogen) atoms. The highest BCUT2D eigenvalue weighted by atomic mass is 17.0. The lowest BCUT2D eigenvalue weighted by Crippen LogP contribution is -2.44. The van der Waals surface area contributed by atoms with Gasteiger partial charge in [0.1, 0.15) is 0 Å². The summed E-state index contributed by atoms with van der Waals surface area (Å²) >= 11 is 0. The average Bonchev–Trinajstić information content (AvgIpc) is 2.18. The first kappa shape index (κ1) is 14.3. The van der Waals surface area contributed by atoms with Gasteiger partial charge in [-0.1, -0.05) is 6.92 Å². The Labute approximate surface area is 90.6 Å². The molecule has 0 amide bonds. The van der Waals surface area contributed by atoms with E-state index in [9.17, 15) is 4.79 Å². The minimum Gasteiger partial charge on any atom is -0.384 e. The monoisotopic (exact) mass is 220 g/mol. The summed E-state index contributed by atoms with van der Waals surface area (Å²) in [5.74, 6) is -0.426. The van der Waals surface area contributed by atoms with Gasteiger partial charge in [-0.3, -0.25) is 19.0 Å². The fraction of sp³-hybridized carbons (Fsp3) is 0.900. The van der Waals surface area contributed by atoms with Crippen molar-refractivity contribution >= 4 is 5.97 Å². The Kier molecular flexibility index (Phi) is 7.29. The summed E-state index contributed by atoms with van der Waals surface area (Å²) in [7, 11) is 0. The summed E-state index contributed by atoms with van der Waals surface area (Å²) in [4.78, 5) is 11.2. The maximum Gasteiger partial charge on any atom is 0.462 e. The van der Waals surface area contributed by atoms with Crippen molar-refractivity contribution in [3.05, 3.63) is 0 Å². The van der Waals surface area contributed by atoms with Crippen LogP contribution in [0.25, 0.3) is 0 Å². The Morgan fingerprint density at radius 3 is 1.60 bits per heavy atom. The van der Waals surface area contributed by atoms with Crippen LogP contribution in [-0.2, 0) is 23.7 Å². The Bertz CT molecular complexity index is 164. The number of esters is 1. The fourth-order valence-corrected chi connectivity index (χ4v) is 0.955. The van der Waals surface area contributed by atoms with Crippen LogP contribution in [-0.4, -0.2) is 31.9 Å². The number of hydrogen-bond acceptors (Lipinski definition) is 5. The highest BCUT2D eigenvalue weighted by molar-refractivity contribution is 5.69. The summed E-state index contributed by atoms with van der Waals surface area (Å²) in [6.07, 6.45) is -1.43. The van der Waals surface area contributed by atoms with Crippen molar-refractivity contribution in [3.63, 3.8) is 0 Å². The van der Waals surface area contributed by atoms with Gasteiger partial charge in [0.2, 0.25) is 0 Å². The molecule has 0 N–H and O–H groups in total. The predicted octanol–water partition coefficient (Wildman–Crippen LogP) is 1.66. The van der Waals surface area contributed by atoms with Crippen LogP contribution in [0.3, 0.4) is 0 Å². The van der Waals surface area contributed by atoms with E-state index in [1.165, 1.54) is 0 Å². The van der Waals surface area contributed by atoms with E-state index in [4.69, 9.17) is 18.9 Å². The maximum atomic E-state index is 11.2. The molecule has 0 radical (unpaired) electrons. The molecule has 0 unspecified atom stereocenters. The van der Waals surface area contributed by atoms with E-state index in [1.54, 1.807) is 27.7 Å². The standard InChI is InChI=1S/C10H20O5/c1-5-9(11)15-10(12-6-2,13-7-3)14-8-4/h5-8H2,1-4H3. The largest absolute Gasteiger partial charge is 0.462 e. The fourth-order valence-electron chi connectivity index (χ4n) is 0.955. The lowest BCUT2D eigenvalue weighted by Gasteiger charge is -2.30. The molecule has 0 saturated heterocycles. The Morgan fingerprint density at radius 2 is 1.33 bits per heavy atom. The van der Waals surface area contributed by atoms with E-state index in [-0.39, 0.29) is 6.42 Å². The van der Waals surface area contributed by atoms with Crippen LogP contribution in [0.15, 0.2) is 0 Å². The van der Waals surface area contributed by atoms with Gasteiger partial charge >= 0.3 is 12.1 Å². The van der Waals surface area contributed by atoms with Crippen molar-refractivity contribution in [2.45, 2.75) is 40.3 Å². The predicted molar refractivity (Wildman–Crippen MR) is 54.0 cm³/mol. The molecule has 0 bridgehead atoms. The molecule has 5 heteroatoms. The molecule has 0 aromatic rings. The van der Waals surface area contributed by atoms with Crippen LogP contribution in [0.2, 0.25) is 0 Å². The summed E-state index contributed by atoms with van der Waals surface area (Å²) in [5, 5.41) is 0. The second kappa shape index (κ2) is 7.62. The second-order valence-corrected chi connectivity index (χ2v) is 2.63. The molecule has 0 aromatic carbocycles. The van der Waals surface area contributed by atoms with Crippen LogP contribution in [0.5, 0.6) is 0 Å². The molecule has 0 heterocycles. The third-order valence-electron chi connectivity index (χ3n) is 1.49. The molecule has 0 spiro atoms. The summed E-state index contributed by atoms with van der Waals surface area (Å²) in [6, 6.07) is 0. The van der Waals surface area contributed by atoms with Gasteiger partial charge in [0.15, 0.2) is 0 Å². The minimum atomic E-state index is -1.68. The van der Waals surface area contributed by atoms with Gasteiger partial charge in [0.05, 0.1) is 19.8 Å². The summed E-state index contributed by atoms with van der Waals surface area (Å²) < 4.78 is 20.6. The zero-order chi connectivity index (χ0) is 11.7. The van der Waals surface area contributed by atoms with Gasteiger partial charge in [-0.25, -0.2) is 0 Å². The number of hydrogen-bond donors (Lipinski definition) is 0. The third kappa shape index (κ3) is 5.11. The van der Waals surface area contributed by atoms with Crippen molar-refractivity contribution in [2.75, 3.05) is 19.8 Å². The number of carbonyl (C=O) groups is 1. The molecule has 0 rings (SSSR count). The molecule has 0 aliphatic heterocycles. The van der Waals surface area contributed by atoms with Crippen LogP contribution >= 0.6 is 0 Å². The van der Waals surface area contributed by atoms with Crippen molar-refractivity contribution < 1.29 is 23.7 Å². The van der Waals surface area contributed by atoms with Crippen LogP contribution in [0, 0.1) is 0 Å². The Balaban J connectivity index is 4.51. The van der Waals surface area contributed by atoms with E-state index in [1.807, 2.05) is 0 Å². The highest BCUT2D eigenvalue weighted by Crippen LogP contribution is 2.18. The SMILES string of the molecule is CCOC(OCC)(OCC)OC(=O)CC. The van der Waals surface area contributed by atoms with Gasteiger partial charge in [-0.15, -0.1) is 0 Å². The van der Waals surface area contributed by atoms with Gasteiger partial charge in [-0.2, -0.15) is 0 Å². The lowest BCUT2D eigenvalue weighted by molar-refractivity contribution is -0.480. The molecule has 90 valence electrons. The Hall–Kier alpha value is -0.650. The van der Waals surface area contributed by atoms with E-state index in [0.29, 0.717) is 19.8 Å². The molecule has 0 aliphatic rings. The first-order valence-corrected chi connectivity index (χ1v) is 5.27. The van der Waals surface area contributed by atoms with Crippen LogP contribution in [0.4, 0.5) is 0 Å². The first-order chi connectivity index (χ1) is 7.14. The van der Waals surface area contributed by atoms with Crippen molar-refractivity contribution in [1.82, 2.24) is 0 Å². The third-order valence-corrected chi connectivity index (χ3v) is 1.49. The smallest absolute Gasteiger partial charge is 0.384 e. The van der Waals surface area contributed by atoms with Crippen molar-refractivity contribution in [1.29, 1.82) is 0 Å². The average molecular weight is 220 g/mol. The first-order valence-electron chi connectivity index (χ1n) is 5.27. The van der Waals surface area contributed by atoms with Crippen LogP contribution in [0.1, 0.15) is 34.1 Å². The minimum absolute atomic E-state index is 0.245. The lowest BCUT2D eigenvalue weighted by atomic mass is 10.5. The molecule has 5 nitrogen and oxygen atoms in total. The quantitative estimate of drug-likeness (QED) is 0.460. The molecule has 0 aliphatic carbocycles. The molecule has 0 aromatic heterocycles. The number of rotatable bonds is 8. The van der Waals surface area contributed by atoms with Gasteiger partial charge in [0, 0.05) is 6.42 Å². The Morgan fingerprint density at radius 1 is 0.933 bits per heavy atom. The molecule has 0 atom stereocenters. The number of ether oxygens (including phenoxy) is 4. The summed E-state index contributed by atoms with van der Waals surface area (Å²) in [6.45, 7) is 7.99. The van der Waals surface area contributed by atoms with Gasteiger partial charge < -0.3 is 4.74 Å². The van der Waals surface area contributed by atoms with Crippen LogP contribution < -0.4 is 0 Å². The second-order valence-electron chi connectivity index (χ2n) is 2.63. The molecular weight excluding hydrogens is 200 g/mol.